The minimum absolute atomic E-state index is 0.150. The summed E-state index contributed by atoms with van der Waals surface area (Å²) in [7, 11) is 0. The number of nitrogens with two attached hydrogens (primary N) is 1. The molecule has 2 rings (SSSR count). The van der Waals surface area contributed by atoms with Crippen molar-refractivity contribution in [3.8, 4) is 0 Å². The highest BCUT2D eigenvalue weighted by molar-refractivity contribution is 7.80. The molecule has 0 saturated carbocycles. The van der Waals surface area contributed by atoms with Crippen LogP contribution in [0.4, 0.5) is 10.1 Å². The fourth-order valence-corrected chi connectivity index (χ4v) is 2.17. The highest BCUT2D eigenvalue weighted by Gasteiger charge is 2.12. The summed E-state index contributed by atoms with van der Waals surface area (Å²) in [6.07, 6.45) is 0. The zero-order valence-corrected chi connectivity index (χ0v) is 12.7. The first-order valence-corrected chi connectivity index (χ1v) is 6.84. The van der Waals surface area contributed by atoms with Gasteiger partial charge in [0.05, 0.1) is 5.69 Å². The fourth-order valence-electron chi connectivity index (χ4n) is 1.82. The highest BCUT2D eigenvalue weighted by atomic mass is 35.5. The van der Waals surface area contributed by atoms with Crippen LogP contribution < -0.4 is 11.1 Å². The Morgan fingerprint density at radius 2 is 2.00 bits per heavy atom. The predicted octanol–water partition coefficient (Wildman–Crippen LogP) is 3.67. The Balaban J connectivity index is 2.33. The summed E-state index contributed by atoms with van der Waals surface area (Å²) in [4.78, 5) is 12.4. The number of halogens is 2. The molecule has 21 heavy (non-hydrogen) atoms. The van der Waals surface area contributed by atoms with Crippen LogP contribution in [0, 0.1) is 12.7 Å². The second kappa shape index (κ2) is 6.20. The van der Waals surface area contributed by atoms with E-state index >= 15 is 0 Å². The molecule has 0 aliphatic heterocycles. The summed E-state index contributed by atoms with van der Waals surface area (Å²) >= 11 is 10.8. The van der Waals surface area contributed by atoms with Gasteiger partial charge in [-0.3, -0.25) is 4.79 Å². The van der Waals surface area contributed by atoms with Crippen molar-refractivity contribution in [1.29, 1.82) is 0 Å². The Morgan fingerprint density at radius 3 is 2.62 bits per heavy atom. The SMILES string of the molecule is Cc1cc(C(=O)Nc2cc(Cl)ccc2C(N)=S)ccc1F. The van der Waals surface area contributed by atoms with Crippen LogP contribution in [0.5, 0.6) is 0 Å². The Morgan fingerprint density at radius 1 is 1.29 bits per heavy atom. The van der Waals surface area contributed by atoms with Gasteiger partial charge in [-0.2, -0.15) is 0 Å². The van der Waals surface area contributed by atoms with Crippen LogP contribution in [0.15, 0.2) is 36.4 Å². The molecule has 2 aromatic rings. The van der Waals surface area contributed by atoms with Gasteiger partial charge in [0.25, 0.3) is 5.91 Å². The van der Waals surface area contributed by atoms with Gasteiger partial charge in [0.15, 0.2) is 0 Å². The molecule has 0 fully saturated rings. The number of rotatable bonds is 3. The monoisotopic (exact) mass is 322 g/mol. The van der Waals surface area contributed by atoms with Crippen molar-refractivity contribution < 1.29 is 9.18 Å². The maximum Gasteiger partial charge on any atom is 0.255 e. The van der Waals surface area contributed by atoms with Crippen LogP contribution >= 0.6 is 23.8 Å². The van der Waals surface area contributed by atoms with Gasteiger partial charge in [-0.1, -0.05) is 23.8 Å². The molecule has 6 heteroatoms. The molecule has 0 bridgehead atoms. The van der Waals surface area contributed by atoms with E-state index in [4.69, 9.17) is 29.6 Å². The van der Waals surface area contributed by atoms with E-state index in [2.05, 4.69) is 5.32 Å². The Kier molecular flexibility index (Phi) is 4.55. The molecule has 1 amide bonds. The number of anilines is 1. The highest BCUT2D eigenvalue weighted by Crippen LogP contribution is 2.22. The van der Waals surface area contributed by atoms with Gasteiger partial charge in [0.1, 0.15) is 10.8 Å². The van der Waals surface area contributed by atoms with E-state index in [1.807, 2.05) is 0 Å². The van der Waals surface area contributed by atoms with Gasteiger partial charge >= 0.3 is 0 Å². The lowest BCUT2D eigenvalue weighted by molar-refractivity contribution is 0.102. The van der Waals surface area contributed by atoms with E-state index in [-0.39, 0.29) is 10.8 Å². The van der Waals surface area contributed by atoms with E-state index in [1.165, 1.54) is 18.2 Å². The Bertz CT molecular complexity index is 734. The van der Waals surface area contributed by atoms with Gasteiger partial charge in [0, 0.05) is 16.1 Å². The van der Waals surface area contributed by atoms with Crippen LogP contribution in [0.25, 0.3) is 0 Å². The minimum Gasteiger partial charge on any atom is -0.389 e. The number of nitrogens with one attached hydrogen (secondary N) is 1. The summed E-state index contributed by atoms with van der Waals surface area (Å²) in [6.45, 7) is 1.59. The largest absolute Gasteiger partial charge is 0.389 e. The number of benzene rings is 2. The van der Waals surface area contributed by atoms with E-state index in [9.17, 15) is 9.18 Å². The van der Waals surface area contributed by atoms with Gasteiger partial charge in [-0.25, -0.2) is 4.39 Å². The normalized spacial score (nSPS) is 10.2. The lowest BCUT2D eigenvalue weighted by atomic mass is 10.1. The number of aryl methyl sites for hydroxylation is 1. The molecular formula is C15H12ClFN2OS. The van der Waals surface area contributed by atoms with Crippen molar-refractivity contribution in [2.24, 2.45) is 5.73 Å². The van der Waals surface area contributed by atoms with Crippen molar-refractivity contribution in [3.05, 3.63) is 63.9 Å². The van der Waals surface area contributed by atoms with Crippen molar-refractivity contribution in [2.45, 2.75) is 6.92 Å². The fraction of sp³-hybridized carbons (Fsp3) is 0.0667. The molecular weight excluding hydrogens is 311 g/mol. The molecule has 108 valence electrons. The van der Waals surface area contributed by atoms with Gasteiger partial charge < -0.3 is 11.1 Å². The third-order valence-electron chi connectivity index (χ3n) is 2.92. The average molecular weight is 323 g/mol. The maximum absolute atomic E-state index is 13.2. The van der Waals surface area contributed by atoms with Crippen LogP contribution in [0.1, 0.15) is 21.5 Å². The van der Waals surface area contributed by atoms with Crippen molar-refractivity contribution >= 4 is 40.4 Å². The quantitative estimate of drug-likeness (QED) is 0.848. The van der Waals surface area contributed by atoms with Crippen LogP contribution in [0.2, 0.25) is 5.02 Å². The molecule has 0 aromatic heterocycles. The topological polar surface area (TPSA) is 55.1 Å². The Labute approximate surface area is 131 Å². The van der Waals surface area contributed by atoms with E-state index < -0.39 is 5.91 Å². The number of carbonyl (C=O) groups excluding carboxylic acids is 1. The molecule has 0 aliphatic rings. The molecule has 2 aromatic carbocycles. The summed E-state index contributed by atoms with van der Waals surface area (Å²) in [5.74, 6) is -0.754. The molecule has 0 saturated heterocycles. The number of hydrogen-bond acceptors (Lipinski definition) is 2. The second-order valence-corrected chi connectivity index (χ2v) is 5.35. The first-order valence-electron chi connectivity index (χ1n) is 6.05. The summed E-state index contributed by atoms with van der Waals surface area (Å²) in [5.41, 5.74) is 7.27. The minimum atomic E-state index is -0.391. The van der Waals surface area contributed by atoms with Crippen molar-refractivity contribution in [3.63, 3.8) is 0 Å². The molecule has 0 aliphatic carbocycles. The predicted molar refractivity (Wildman–Crippen MR) is 86.4 cm³/mol. The van der Waals surface area contributed by atoms with Crippen LogP contribution in [-0.2, 0) is 0 Å². The third kappa shape index (κ3) is 3.56. The molecule has 3 N–H and O–H groups in total. The number of hydrogen-bond donors (Lipinski definition) is 2. The second-order valence-electron chi connectivity index (χ2n) is 4.47. The Hall–Kier alpha value is -1.98. The molecule has 0 spiro atoms. The third-order valence-corrected chi connectivity index (χ3v) is 3.37. The standard InChI is InChI=1S/C15H12ClFN2OS/c1-8-6-9(2-5-12(8)17)15(20)19-13-7-10(16)3-4-11(13)14(18)21/h2-7H,1H3,(H2,18,21)(H,19,20). The molecule has 0 unspecified atom stereocenters. The first-order chi connectivity index (χ1) is 9.88. The van der Waals surface area contributed by atoms with Crippen molar-refractivity contribution in [1.82, 2.24) is 0 Å². The number of thiocarbonyl (C=S) groups is 1. The van der Waals surface area contributed by atoms with Gasteiger partial charge in [0.2, 0.25) is 0 Å². The van der Waals surface area contributed by atoms with Gasteiger partial charge in [-0.05, 0) is 48.9 Å². The molecule has 0 heterocycles. The van der Waals surface area contributed by atoms with Crippen molar-refractivity contribution in [2.75, 3.05) is 5.32 Å². The van der Waals surface area contributed by atoms with Crippen LogP contribution in [0.3, 0.4) is 0 Å². The van der Waals surface area contributed by atoms with E-state index in [0.29, 0.717) is 27.4 Å². The maximum atomic E-state index is 13.2. The molecule has 0 radical (unpaired) electrons. The zero-order chi connectivity index (χ0) is 15.6. The van der Waals surface area contributed by atoms with E-state index in [0.717, 1.165) is 0 Å². The lowest BCUT2D eigenvalue weighted by Crippen LogP contribution is -2.17. The molecule has 3 nitrogen and oxygen atoms in total. The number of amides is 1. The summed E-state index contributed by atoms with van der Waals surface area (Å²) in [5, 5.41) is 3.13. The first kappa shape index (κ1) is 15.4. The summed E-state index contributed by atoms with van der Waals surface area (Å²) < 4.78 is 13.2. The smallest absolute Gasteiger partial charge is 0.255 e. The van der Waals surface area contributed by atoms with Gasteiger partial charge in [-0.15, -0.1) is 0 Å². The zero-order valence-electron chi connectivity index (χ0n) is 11.1. The average Bonchev–Trinajstić information content (AvgIpc) is 2.41. The lowest BCUT2D eigenvalue weighted by Gasteiger charge is -2.11. The van der Waals surface area contributed by atoms with E-state index in [1.54, 1.807) is 25.1 Å². The summed E-state index contributed by atoms with van der Waals surface area (Å²) in [6, 6.07) is 8.95. The van der Waals surface area contributed by atoms with Crippen LogP contribution in [-0.4, -0.2) is 10.9 Å². The molecule has 0 atom stereocenters. The number of carbonyl (C=O) groups is 1.